The molecule has 0 saturated heterocycles. The van der Waals surface area contributed by atoms with Crippen LogP contribution < -0.4 is 5.32 Å². The van der Waals surface area contributed by atoms with E-state index in [9.17, 15) is 18.0 Å². The average molecular weight is 423 g/mol. The van der Waals surface area contributed by atoms with Gasteiger partial charge in [0.15, 0.2) is 5.82 Å². The van der Waals surface area contributed by atoms with Gasteiger partial charge in [0.05, 0.1) is 17.7 Å². The lowest BCUT2D eigenvalue weighted by Gasteiger charge is -2.09. The number of pyridine rings is 1. The maximum atomic E-state index is 12.7. The number of hydrogen-bond acceptors (Lipinski definition) is 3. The van der Waals surface area contributed by atoms with Crippen LogP contribution in [0.5, 0.6) is 0 Å². The zero-order valence-corrected chi connectivity index (χ0v) is 16.5. The number of carbonyl (C=O) groups is 1. The van der Waals surface area contributed by atoms with Crippen LogP contribution >= 0.6 is 11.6 Å². The molecule has 5 nitrogen and oxygen atoms in total. The van der Waals surface area contributed by atoms with Gasteiger partial charge in [-0.2, -0.15) is 18.3 Å². The Bertz CT molecular complexity index is 1030. The normalized spacial score (nSPS) is 11.5. The Labute approximate surface area is 170 Å². The van der Waals surface area contributed by atoms with Crippen molar-refractivity contribution in [3.05, 3.63) is 75.7 Å². The maximum absolute atomic E-state index is 12.7. The summed E-state index contributed by atoms with van der Waals surface area (Å²) in [6, 6.07) is 9.43. The van der Waals surface area contributed by atoms with E-state index >= 15 is 0 Å². The van der Waals surface area contributed by atoms with Crippen molar-refractivity contribution < 1.29 is 18.0 Å². The quantitative estimate of drug-likeness (QED) is 0.662. The number of nitrogens with one attached hydrogen (secondary N) is 1. The van der Waals surface area contributed by atoms with E-state index in [0.717, 1.165) is 17.8 Å². The van der Waals surface area contributed by atoms with Crippen LogP contribution in [-0.2, 0) is 23.9 Å². The minimum atomic E-state index is -4.45. The number of rotatable bonds is 5. The molecule has 1 N–H and O–H groups in total. The lowest BCUT2D eigenvalue weighted by Crippen LogP contribution is -2.25. The van der Waals surface area contributed by atoms with Crippen LogP contribution in [0.2, 0.25) is 5.02 Å². The van der Waals surface area contributed by atoms with Crippen molar-refractivity contribution in [2.45, 2.75) is 33.0 Å². The third-order valence-corrected chi connectivity index (χ3v) is 4.87. The zero-order valence-electron chi connectivity index (χ0n) is 15.7. The van der Waals surface area contributed by atoms with E-state index in [1.807, 2.05) is 18.2 Å². The van der Waals surface area contributed by atoms with Gasteiger partial charge < -0.3 is 5.32 Å². The number of amides is 1. The molecule has 0 bridgehead atoms. The molecule has 0 aliphatic heterocycles. The first-order valence-electron chi connectivity index (χ1n) is 8.75. The highest BCUT2D eigenvalue weighted by atomic mass is 35.5. The summed E-state index contributed by atoms with van der Waals surface area (Å²) < 4.78 is 39.6. The van der Waals surface area contributed by atoms with E-state index in [1.165, 1.54) is 10.7 Å². The maximum Gasteiger partial charge on any atom is 0.417 e. The topological polar surface area (TPSA) is 59.8 Å². The van der Waals surface area contributed by atoms with E-state index in [4.69, 9.17) is 11.6 Å². The van der Waals surface area contributed by atoms with E-state index in [0.29, 0.717) is 28.5 Å². The van der Waals surface area contributed by atoms with Gasteiger partial charge in [-0.25, -0.2) is 9.67 Å². The minimum absolute atomic E-state index is 0.0861. The van der Waals surface area contributed by atoms with E-state index in [2.05, 4.69) is 15.4 Å². The molecule has 152 valence electrons. The second-order valence-electron chi connectivity index (χ2n) is 6.51. The van der Waals surface area contributed by atoms with E-state index < -0.39 is 11.7 Å². The molecule has 1 aromatic carbocycles. The van der Waals surface area contributed by atoms with Crippen LogP contribution in [0.3, 0.4) is 0 Å². The number of hydrogen-bond donors (Lipinski definition) is 1. The number of nitrogens with zero attached hydrogens (tertiary/aromatic N) is 3. The summed E-state index contributed by atoms with van der Waals surface area (Å²) in [5.41, 5.74) is 1.92. The van der Waals surface area contributed by atoms with Gasteiger partial charge in [-0.05, 0) is 37.6 Å². The molecule has 9 heteroatoms. The fraction of sp³-hybridized carbons (Fsp3) is 0.250. The Morgan fingerprint density at radius 1 is 1.17 bits per heavy atom. The first-order chi connectivity index (χ1) is 13.7. The molecule has 0 atom stereocenters. The lowest BCUT2D eigenvalue weighted by molar-refractivity contribution is -0.137. The van der Waals surface area contributed by atoms with Gasteiger partial charge in [0.2, 0.25) is 5.91 Å². The van der Waals surface area contributed by atoms with Gasteiger partial charge >= 0.3 is 6.18 Å². The van der Waals surface area contributed by atoms with Crippen molar-refractivity contribution >= 4 is 17.5 Å². The van der Waals surface area contributed by atoms with Crippen molar-refractivity contribution in [1.82, 2.24) is 20.1 Å². The van der Waals surface area contributed by atoms with Gasteiger partial charge in [-0.15, -0.1) is 0 Å². The molecular weight excluding hydrogens is 405 g/mol. The van der Waals surface area contributed by atoms with Crippen molar-refractivity contribution in [2.75, 3.05) is 0 Å². The number of halogens is 4. The van der Waals surface area contributed by atoms with Gasteiger partial charge in [-0.3, -0.25) is 4.79 Å². The Balaban J connectivity index is 1.74. The number of aryl methyl sites for hydroxylation is 1. The highest BCUT2D eigenvalue weighted by Gasteiger charge is 2.30. The van der Waals surface area contributed by atoms with Crippen LogP contribution in [0, 0.1) is 13.8 Å². The molecule has 0 fully saturated rings. The van der Waals surface area contributed by atoms with E-state index in [1.54, 1.807) is 19.9 Å². The summed E-state index contributed by atoms with van der Waals surface area (Å²) in [6.07, 6.45) is -3.60. The summed E-state index contributed by atoms with van der Waals surface area (Å²) >= 11 is 6.09. The molecular formula is C20H18ClF3N4O. The molecule has 2 heterocycles. The summed E-state index contributed by atoms with van der Waals surface area (Å²) in [5.74, 6) is 0.0392. The number of carbonyl (C=O) groups excluding carboxylic acids is 1. The van der Waals surface area contributed by atoms with Crippen LogP contribution in [0.4, 0.5) is 13.2 Å². The highest BCUT2D eigenvalue weighted by Crippen LogP contribution is 2.29. The second-order valence-corrected chi connectivity index (χ2v) is 6.92. The van der Waals surface area contributed by atoms with Crippen molar-refractivity contribution in [2.24, 2.45) is 0 Å². The van der Waals surface area contributed by atoms with Crippen molar-refractivity contribution in [3.63, 3.8) is 0 Å². The molecule has 0 unspecified atom stereocenters. The first kappa shape index (κ1) is 20.9. The fourth-order valence-corrected chi connectivity index (χ4v) is 3.09. The van der Waals surface area contributed by atoms with Gasteiger partial charge in [-0.1, -0.05) is 29.8 Å². The molecule has 2 aromatic heterocycles. The van der Waals surface area contributed by atoms with Crippen LogP contribution in [0.15, 0.2) is 42.6 Å². The molecule has 0 radical (unpaired) electrons. The first-order valence-corrected chi connectivity index (χ1v) is 9.13. The number of benzene rings is 1. The van der Waals surface area contributed by atoms with Crippen LogP contribution in [-0.4, -0.2) is 20.7 Å². The van der Waals surface area contributed by atoms with Gasteiger partial charge in [0.1, 0.15) is 0 Å². The number of alkyl halides is 3. The largest absolute Gasteiger partial charge is 0.417 e. The highest BCUT2D eigenvalue weighted by molar-refractivity contribution is 6.31. The third kappa shape index (κ3) is 4.76. The third-order valence-electron chi connectivity index (χ3n) is 4.50. The summed E-state index contributed by atoms with van der Waals surface area (Å²) in [7, 11) is 0. The van der Waals surface area contributed by atoms with Gasteiger partial charge in [0.25, 0.3) is 0 Å². The average Bonchev–Trinajstić information content (AvgIpc) is 2.95. The molecule has 1 amide bonds. The molecule has 0 aliphatic carbocycles. The minimum Gasteiger partial charge on any atom is -0.352 e. The molecule has 3 rings (SSSR count). The van der Waals surface area contributed by atoms with Gasteiger partial charge in [0, 0.05) is 29.0 Å². The number of aromatic nitrogens is 3. The second kappa shape index (κ2) is 8.24. The van der Waals surface area contributed by atoms with Crippen molar-refractivity contribution in [1.29, 1.82) is 0 Å². The SMILES string of the molecule is Cc1nn(-c2ccc(C(F)(F)F)cn2)c(C)c1CC(=O)NCc1ccccc1Cl. The fourth-order valence-electron chi connectivity index (χ4n) is 2.89. The Kier molecular flexibility index (Phi) is 5.93. The Hall–Kier alpha value is -2.87. The Morgan fingerprint density at radius 2 is 1.90 bits per heavy atom. The van der Waals surface area contributed by atoms with E-state index in [-0.39, 0.29) is 18.1 Å². The standard InChI is InChI=1S/C20H18ClF3N4O/c1-12-16(9-19(29)26-10-14-5-3-4-6-17(14)21)13(2)28(27-12)18-8-7-15(11-25-18)20(22,23)24/h3-8,11H,9-10H2,1-2H3,(H,26,29). The molecule has 0 spiro atoms. The monoisotopic (exact) mass is 422 g/mol. The Morgan fingerprint density at radius 3 is 2.52 bits per heavy atom. The molecule has 3 aromatic rings. The zero-order chi connectivity index (χ0) is 21.2. The van der Waals surface area contributed by atoms with Crippen LogP contribution in [0.1, 0.15) is 28.1 Å². The smallest absolute Gasteiger partial charge is 0.352 e. The predicted octanol–water partition coefficient (Wildman–Crippen LogP) is 4.42. The molecule has 29 heavy (non-hydrogen) atoms. The summed E-state index contributed by atoms with van der Waals surface area (Å²) in [6.45, 7) is 3.78. The molecule has 0 aliphatic rings. The predicted molar refractivity (Wildman–Crippen MR) is 103 cm³/mol. The lowest BCUT2D eigenvalue weighted by atomic mass is 10.1. The summed E-state index contributed by atoms with van der Waals surface area (Å²) in [4.78, 5) is 16.2. The summed E-state index contributed by atoms with van der Waals surface area (Å²) in [5, 5.41) is 7.72. The van der Waals surface area contributed by atoms with Crippen molar-refractivity contribution in [3.8, 4) is 5.82 Å². The molecule has 0 saturated carbocycles. The van der Waals surface area contributed by atoms with Crippen LogP contribution in [0.25, 0.3) is 5.82 Å².